The van der Waals surface area contributed by atoms with Crippen LogP contribution in [-0.4, -0.2) is 61.5 Å². The number of benzene rings is 4. The lowest BCUT2D eigenvalue weighted by atomic mass is 9.91. The molecule has 0 saturated heterocycles. The van der Waals surface area contributed by atoms with E-state index in [1.54, 1.807) is 12.1 Å². The van der Waals surface area contributed by atoms with Gasteiger partial charge in [-0.15, -0.1) is 0 Å². The highest BCUT2D eigenvalue weighted by Crippen LogP contribution is 2.44. The van der Waals surface area contributed by atoms with Crippen molar-refractivity contribution in [3.63, 3.8) is 0 Å². The average molecular weight is 431 g/mol. The lowest BCUT2D eigenvalue weighted by Gasteiger charge is -2.24. The Morgan fingerprint density at radius 2 is 0.906 bits per heavy atom. The number of nitrogens with zero attached hydrogens (tertiary/aromatic N) is 2. The quantitative estimate of drug-likeness (QED) is 0.412. The van der Waals surface area contributed by atoms with Crippen LogP contribution in [0.1, 0.15) is 11.1 Å². The molecule has 4 aromatic rings. The number of quaternary nitrogens is 2. The first kappa shape index (κ1) is 22.1. The van der Waals surface area contributed by atoms with Gasteiger partial charge in [0, 0.05) is 22.3 Å². The van der Waals surface area contributed by atoms with Gasteiger partial charge in [0.2, 0.25) is 0 Å². The highest BCUT2D eigenvalue weighted by Gasteiger charge is 2.19. The van der Waals surface area contributed by atoms with E-state index in [1.807, 2.05) is 12.1 Å². The van der Waals surface area contributed by atoms with Gasteiger partial charge in [0.1, 0.15) is 24.6 Å². The SMILES string of the molecule is C[N+](C)(C)Cc1ccc2c(-c3c(O)ccc4cc(C[N+](C)(C)C)ccc34)c(O)ccc2c1. The number of hydrogen-bond acceptors (Lipinski definition) is 2. The monoisotopic (exact) mass is 430 g/mol. The molecule has 0 fully saturated rings. The van der Waals surface area contributed by atoms with Crippen molar-refractivity contribution in [3.8, 4) is 22.6 Å². The molecule has 2 N–H and O–H groups in total. The number of fused-ring (bicyclic) bond motifs is 2. The molecule has 0 aliphatic heterocycles. The summed E-state index contributed by atoms with van der Waals surface area (Å²) in [5.41, 5.74) is 3.85. The van der Waals surface area contributed by atoms with E-state index in [9.17, 15) is 10.2 Å². The molecule has 0 bridgehead atoms. The fourth-order valence-electron chi connectivity index (χ4n) is 4.55. The van der Waals surface area contributed by atoms with Gasteiger partial charge in [-0.05, 0) is 45.8 Å². The van der Waals surface area contributed by atoms with E-state index in [0.717, 1.165) is 43.6 Å². The average Bonchev–Trinajstić information content (AvgIpc) is 2.66. The number of phenols is 2. The maximum atomic E-state index is 10.9. The Kier molecular flexibility index (Phi) is 5.40. The van der Waals surface area contributed by atoms with Gasteiger partial charge in [0.25, 0.3) is 0 Å². The molecule has 0 heterocycles. The van der Waals surface area contributed by atoms with Gasteiger partial charge >= 0.3 is 0 Å². The van der Waals surface area contributed by atoms with Crippen molar-refractivity contribution in [3.05, 3.63) is 71.8 Å². The van der Waals surface area contributed by atoms with Crippen molar-refractivity contribution < 1.29 is 19.2 Å². The molecule has 0 saturated carbocycles. The van der Waals surface area contributed by atoms with Crippen LogP contribution in [-0.2, 0) is 13.1 Å². The molecule has 0 radical (unpaired) electrons. The molecular weight excluding hydrogens is 396 g/mol. The highest BCUT2D eigenvalue weighted by atomic mass is 16.3. The minimum Gasteiger partial charge on any atom is -0.507 e. The maximum Gasteiger partial charge on any atom is 0.124 e. The van der Waals surface area contributed by atoms with E-state index in [1.165, 1.54) is 11.1 Å². The molecule has 32 heavy (non-hydrogen) atoms. The molecule has 0 spiro atoms. The summed E-state index contributed by atoms with van der Waals surface area (Å²) in [5, 5.41) is 25.8. The van der Waals surface area contributed by atoms with Gasteiger partial charge in [-0.25, -0.2) is 0 Å². The molecule has 0 amide bonds. The lowest BCUT2D eigenvalue weighted by Crippen LogP contribution is -2.33. The Hall–Kier alpha value is -3.08. The van der Waals surface area contributed by atoms with Gasteiger partial charge < -0.3 is 19.2 Å². The second kappa shape index (κ2) is 7.80. The number of aromatic hydroxyl groups is 2. The third-order valence-corrected chi connectivity index (χ3v) is 5.69. The van der Waals surface area contributed by atoms with E-state index in [2.05, 4.69) is 78.7 Å². The summed E-state index contributed by atoms with van der Waals surface area (Å²) in [7, 11) is 13.0. The molecule has 4 heteroatoms. The predicted octanol–water partition coefficient (Wildman–Crippen LogP) is 5.48. The first-order chi connectivity index (χ1) is 14.9. The third kappa shape index (κ3) is 4.57. The van der Waals surface area contributed by atoms with Crippen molar-refractivity contribution in [2.75, 3.05) is 42.3 Å². The van der Waals surface area contributed by atoms with Crippen molar-refractivity contribution in [2.24, 2.45) is 0 Å². The molecule has 0 aliphatic rings. The predicted molar refractivity (Wildman–Crippen MR) is 134 cm³/mol. The number of rotatable bonds is 5. The largest absolute Gasteiger partial charge is 0.507 e. The zero-order chi connectivity index (χ0) is 23.3. The third-order valence-electron chi connectivity index (χ3n) is 5.69. The van der Waals surface area contributed by atoms with Gasteiger partial charge in [-0.1, -0.05) is 36.4 Å². The Balaban J connectivity index is 1.92. The minimum atomic E-state index is 0.176. The van der Waals surface area contributed by atoms with E-state index < -0.39 is 0 Å². The summed E-state index contributed by atoms with van der Waals surface area (Å²) in [5.74, 6) is 0.352. The Labute approximate surface area is 190 Å². The second-order valence-corrected chi connectivity index (χ2v) is 10.9. The molecule has 4 aromatic carbocycles. The van der Waals surface area contributed by atoms with Crippen LogP contribution in [0.25, 0.3) is 32.7 Å². The zero-order valence-electron chi connectivity index (χ0n) is 20.0. The van der Waals surface area contributed by atoms with Crippen molar-refractivity contribution in [1.82, 2.24) is 0 Å². The van der Waals surface area contributed by atoms with E-state index in [4.69, 9.17) is 0 Å². The van der Waals surface area contributed by atoms with Gasteiger partial charge in [-0.3, -0.25) is 0 Å². The van der Waals surface area contributed by atoms with Crippen LogP contribution in [0.2, 0.25) is 0 Å². The molecule has 166 valence electrons. The van der Waals surface area contributed by atoms with Crippen LogP contribution in [0.4, 0.5) is 0 Å². The van der Waals surface area contributed by atoms with Crippen LogP contribution in [0, 0.1) is 0 Å². The molecule has 4 nitrogen and oxygen atoms in total. The zero-order valence-corrected chi connectivity index (χ0v) is 20.0. The Morgan fingerprint density at radius 3 is 1.25 bits per heavy atom. The van der Waals surface area contributed by atoms with E-state index in [-0.39, 0.29) is 11.5 Å². The fraction of sp³-hybridized carbons (Fsp3) is 0.286. The standard InChI is InChI=1S/C28H32N2O2/c1-29(2,3)17-19-7-11-23-21(15-19)9-13-25(31)27(23)28-24-12-8-20(18-30(4,5)6)16-22(24)10-14-26(28)32/h7-16H,17-18H2,1-6H3/p+2. The topological polar surface area (TPSA) is 40.5 Å². The molecule has 0 atom stereocenters. The summed E-state index contributed by atoms with van der Waals surface area (Å²) in [6.07, 6.45) is 0. The Morgan fingerprint density at radius 1 is 0.531 bits per heavy atom. The molecule has 0 unspecified atom stereocenters. The minimum absolute atomic E-state index is 0.176. The summed E-state index contributed by atoms with van der Waals surface area (Å²) >= 11 is 0. The smallest absolute Gasteiger partial charge is 0.124 e. The molecule has 0 aliphatic carbocycles. The van der Waals surface area contributed by atoms with Crippen molar-refractivity contribution in [1.29, 1.82) is 0 Å². The first-order valence-electron chi connectivity index (χ1n) is 11.0. The van der Waals surface area contributed by atoms with E-state index >= 15 is 0 Å². The van der Waals surface area contributed by atoms with Gasteiger partial charge in [0.05, 0.1) is 42.3 Å². The summed E-state index contributed by atoms with van der Waals surface area (Å²) < 4.78 is 1.69. The maximum absolute atomic E-state index is 10.9. The van der Waals surface area contributed by atoms with Gasteiger partial charge in [0.15, 0.2) is 0 Å². The van der Waals surface area contributed by atoms with Crippen LogP contribution < -0.4 is 0 Å². The number of phenolic OH excluding ortho intramolecular Hbond substituents is 2. The normalized spacial score (nSPS) is 12.6. The summed E-state index contributed by atoms with van der Waals surface area (Å²) in [6.45, 7) is 1.83. The molecular formula is C28H34N2O2+2. The van der Waals surface area contributed by atoms with E-state index in [0.29, 0.717) is 11.1 Å². The summed E-state index contributed by atoms with van der Waals surface area (Å²) in [6, 6.07) is 20.1. The van der Waals surface area contributed by atoms with Crippen LogP contribution in [0.15, 0.2) is 60.7 Å². The first-order valence-corrected chi connectivity index (χ1v) is 11.0. The van der Waals surface area contributed by atoms with Crippen LogP contribution in [0.5, 0.6) is 11.5 Å². The van der Waals surface area contributed by atoms with Crippen LogP contribution in [0.3, 0.4) is 0 Å². The fourth-order valence-corrected chi connectivity index (χ4v) is 4.55. The molecule has 4 rings (SSSR count). The summed E-state index contributed by atoms with van der Waals surface area (Å²) in [4.78, 5) is 0. The van der Waals surface area contributed by atoms with Gasteiger partial charge in [-0.2, -0.15) is 0 Å². The molecule has 0 aromatic heterocycles. The van der Waals surface area contributed by atoms with Crippen molar-refractivity contribution >= 4 is 21.5 Å². The van der Waals surface area contributed by atoms with Crippen LogP contribution >= 0.6 is 0 Å². The second-order valence-electron chi connectivity index (χ2n) is 10.9. The lowest BCUT2D eigenvalue weighted by molar-refractivity contribution is -0.884. The Bertz CT molecular complexity index is 1210. The number of hydrogen-bond donors (Lipinski definition) is 2. The van der Waals surface area contributed by atoms with Crippen molar-refractivity contribution in [2.45, 2.75) is 13.1 Å². The highest BCUT2D eigenvalue weighted by molar-refractivity contribution is 6.09.